The maximum absolute atomic E-state index is 15.0. The van der Waals surface area contributed by atoms with Crippen molar-refractivity contribution in [3.63, 3.8) is 0 Å². The van der Waals surface area contributed by atoms with Gasteiger partial charge < -0.3 is 14.8 Å². The number of pyridine rings is 1. The molecule has 10 heteroatoms. The average molecular weight is 503 g/mol. The summed E-state index contributed by atoms with van der Waals surface area (Å²) in [5.74, 6) is -0.0686. The van der Waals surface area contributed by atoms with Crippen LogP contribution in [0, 0.1) is 11.6 Å². The summed E-state index contributed by atoms with van der Waals surface area (Å²) in [4.78, 5) is 13.1. The zero-order valence-electron chi connectivity index (χ0n) is 20.4. The molecular weight excluding hydrogens is 478 g/mol. The summed E-state index contributed by atoms with van der Waals surface area (Å²) >= 11 is 0. The van der Waals surface area contributed by atoms with Crippen LogP contribution in [0.5, 0.6) is 11.5 Å². The molecule has 0 fully saturated rings. The molecule has 37 heavy (non-hydrogen) atoms. The third-order valence-electron chi connectivity index (χ3n) is 5.89. The molecule has 1 N–H and O–H groups in total. The predicted molar refractivity (Wildman–Crippen MR) is 136 cm³/mol. The van der Waals surface area contributed by atoms with E-state index in [4.69, 9.17) is 14.6 Å². The number of aromatic nitrogens is 5. The summed E-state index contributed by atoms with van der Waals surface area (Å²) in [6.07, 6.45) is 4.87. The molecule has 0 radical (unpaired) electrons. The van der Waals surface area contributed by atoms with Crippen molar-refractivity contribution in [2.45, 2.75) is 19.9 Å². The Morgan fingerprint density at radius 1 is 1.05 bits per heavy atom. The van der Waals surface area contributed by atoms with Gasteiger partial charge in [-0.05, 0) is 32.0 Å². The molecule has 5 rings (SSSR count). The van der Waals surface area contributed by atoms with Gasteiger partial charge >= 0.3 is 0 Å². The molecule has 1 atom stereocenters. The molecule has 0 aliphatic carbocycles. The summed E-state index contributed by atoms with van der Waals surface area (Å²) in [6.45, 7) is 3.75. The summed E-state index contributed by atoms with van der Waals surface area (Å²) in [7, 11) is 1.53. The Bertz CT molecular complexity index is 1530. The minimum atomic E-state index is -0.762. The van der Waals surface area contributed by atoms with Crippen LogP contribution in [0.15, 0.2) is 67.1 Å². The second-order valence-corrected chi connectivity index (χ2v) is 8.19. The fraction of sp³-hybridized carbons (Fsp3) is 0.185. The Morgan fingerprint density at radius 3 is 2.49 bits per heavy atom. The van der Waals surface area contributed by atoms with Crippen LogP contribution in [0.25, 0.3) is 22.4 Å². The van der Waals surface area contributed by atoms with Gasteiger partial charge in [-0.3, -0.25) is 9.67 Å². The van der Waals surface area contributed by atoms with Crippen molar-refractivity contribution in [1.29, 1.82) is 0 Å². The maximum Gasteiger partial charge on any atom is 0.183 e. The van der Waals surface area contributed by atoms with Gasteiger partial charge in [-0.25, -0.2) is 18.7 Å². The molecule has 0 bridgehead atoms. The SMILES string of the molecule is CCOc1cc(F)c(C(C)n2nc(-c3ncc(OC)c(Nc4ccncc4)n3)c3ccccc32)c(F)c1. The molecule has 0 aliphatic rings. The Labute approximate surface area is 211 Å². The molecular formula is C27H24F2N6O2. The van der Waals surface area contributed by atoms with E-state index in [1.807, 2.05) is 24.3 Å². The van der Waals surface area contributed by atoms with Crippen LogP contribution < -0.4 is 14.8 Å². The number of fused-ring (bicyclic) bond motifs is 1. The molecule has 0 aliphatic heterocycles. The average Bonchev–Trinajstić information content (AvgIpc) is 3.29. The second-order valence-electron chi connectivity index (χ2n) is 8.19. The molecule has 0 spiro atoms. The van der Waals surface area contributed by atoms with Crippen LogP contribution in [0.4, 0.5) is 20.3 Å². The highest BCUT2D eigenvalue weighted by Gasteiger charge is 2.24. The summed E-state index contributed by atoms with van der Waals surface area (Å²) in [5, 5.41) is 8.67. The lowest BCUT2D eigenvalue weighted by Gasteiger charge is -2.17. The monoisotopic (exact) mass is 502 g/mol. The third-order valence-corrected chi connectivity index (χ3v) is 5.89. The number of nitrogens with one attached hydrogen (secondary N) is 1. The highest BCUT2D eigenvalue weighted by atomic mass is 19.1. The third kappa shape index (κ3) is 4.65. The van der Waals surface area contributed by atoms with Crippen LogP contribution >= 0.6 is 0 Å². The Morgan fingerprint density at radius 2 is 1.78 bits per heavy atom. The Hall–Kier alpha value is -4.60. The predicted octanol–water partition coefficient (Wildman–Crippen LogP) is 5.93. The largest absolute Gasteiger partial charge is 0.494 e. The van der Waals surface area contributed by atoms with E-state index in [1.54, 1.807) is 49.3 Å². The topological polar surface area (TPSA) is 87.0 Å². The number of ether oxygens (including phenoxy) is 2. The fourth-order valence-electron chi connectivity index (χ4n) is 4.18. The van der Waals surface area contributed by atoms with Crippen molar-refractivity contribution in [3.8, 4) is 23.0 Å². The number of para-hydroxylation sites is 1. The molecule has 188 valence electrons. The standard InChI is InChI=1S/C27H24F2N6O2/c1-4-37-18-13-20(28)24(21(29)14-18)16(2)35-22-8-6-5-7-19(22)25(34-35)27-31-15-23(36-3)26(33-27)32-17-9-11-30-12-10-17/h5-16H,4H2,1-3H3,(H,30,31,32,33). The Kier molecular flexibility index (Phi) is 6.63. The molecule has 3 aromatic heterocycles. The van der Waals surface area contributed by atoms with Crippen molar-refractivity contribution in [1.82, 2.24) is 24.7 Å². The van der Waals surface area contributed by atoms with Gasteiger partial charge in [0, 0.05) is 41.2 Å². The number of halogens is 2. The smallest absolute Gasteiger partial charge is 0.183 e. The van der Waals surface area contributed by atoms with Crippen LogP contribution in [0.3, 0.4) is 0 Å². The zero-order valence-corrected chi connectivity index (χ0v) is 20.4. The van der Waals surface area contributed by atoms with E-state index in [-0.39, 0.29) is 11.3 Å². The number of hydrogen-bond donors (Lipinski definition) is 1. The number of benzene rings is 2. The molecule has 3 heterocycles. The van der Waals surface area contributed by atoms with Gasteiger partial charge in [-0.2, -0.15) is 5.10 Å². The van der Waals surface area contributed by atoms with Crippen molar-refractivity contribution >= 4 is 22.4 Å². The lowest BCUT2D eigenvalue weighted by molar-refractivity contribution is 0.334. The van der Waals surface area contributed by atoms with E-state index in [1.165, 1.54) is 19.2 Å². The first kappa shape index (κ1) is 24.1. The van der Waals surface area contributed by atoms with E-state index in [9.17, 15) is 0 Å². The molecule has 2 aromatic carbocycles. The minimum absolute atomic E-state index is 0.112. The summed E-state index contributed by atoms with van der Waals surface area (Å²) < 4.78 is 42.3. The molecule has 0 saturated carbocycles. The van der Waals surface area contributed by atoms with Crippen LogP contribution in [-0.2, 0) is 0 Å². The normalized spacial score (nSPS) is 11.9. The van der Waals surface area contributed by atoms with E-state index >= 15 is 8.78 Å². The van der Waals surface area contributed by atoms with Crippen LogP contribution in [-0.4, -0.2) is 38.4 Å². The highest BCUT2D eigenvalue weighted by molar-refractivity contribution is 5.92. The Balaban J connectivity index is 1.60. The number of methoxy groups -OCH3 is 1. The quantitative estimate of drug-likeness (QED) is 0.282. The van der Waals surface area contributed by atoms with E-state index < -0.39 is 17.7 Å². The van der Waals surface area contributed by atoms with Crippen LogP contribution in [0.1, 0.15) is 25.5 Å². The van der Waals surface area contributed by atoms with Crippen molar-refractivity contribution < 1.29 is 18.3 Å². The molecule has 0 amide bonds. The zero-order chi connectivity index (χ0) is 25.9. The van der Waals surface area contributed by atoms with Crippen molar-refractivity contribution in [2.24, 2.45) is 0 Å². The first-order valence-corrected chi connectivity index (χ1v) is 11.7. The van der Waals surface area contributed by atoms with Crippen LogP contribution in [0.2, 0.25) is 0 Å². The van der Waals surface area contributed by atoms with E-state index in [0.29, 0.717) is 35.2 Å². The summed E-state index contributed by atoms with van der Waals surface area (Å²) in [6, 6.07) is 12.6. The minimum Gasteiger partial charge on any atom is -0.494 e. The first-order valence-electron chi connectivity index (χ1n) is 11.7. The molecule has 0 saturated heterocycles. The van der Waals surface area contributed by atoms with Crippen molar-refractivity contribution in [3.05, 3.63) is 84.3 Å². The van der Waals surface area contributed by atoms with E-state index in [2.05, 4.69) is 20.3 Å². The summed E-state index contributed by atoms with van der Waals surface area (Å²) in [5.41, 5.74) is 1.80. The van der Waals surface area contributed by atoms with E-state index in [0.717, 1.165) is 11.1 Å². The maximum atomic E-state index is 15.0. The number of nitrogens with zero attached hydrogens (tertiary/aromatic N) is 5. The van der Waals surface area contributed by atoms with Gasteiger partial charge in [-0.1, -0.05) is 18.2 Å². The van der Waals surface area contributed by atoms with Gasteiger partial charge in [0.2, 0.25) is 0 Å². The fourth-order valence-corrected chi connectivity index (χ4v) is 4.18. The number of rotatable bonds is 8. The van der Waals surface area contributed by atoms with Gasteiger partial charge in [0.05, 0.1) is 31.5 Å². The lowest BCUT2D eigenvalue weighted by Crippen LogP contribution is -2.13. The lowest BCUT2D eigenvalue weighted by atomic mass is 10.1. The van der Waals surface area contributed by atoms with Gasteiger partial charge in [-0.15, -0.1) is 0 Å². The second kappa shape index (κ2) is 10.2. The first-order chi connectivity index (χ1) is 18.0. The van der Waals surface area contributed by atoms with Gasteiger partial charge in [0.1, 0.15) is 23.1 Å². The van der Waals surface area contributed by atoms with Crippen molar-refractivity contribution in [2.75, 3.05) is 19.0 Å². The molecule has 1 unspecified atom stereocenters. The number of hydrogen-bond acceptors (Lipinski definition) is 7. The van der Waals surface area contributed by atoms with Gasteiger partial charge in [0.15, 0.2) is 17.4 Å². The van der Waals surface area contributed by atoms with Gasteiger partial charge in [0.25, 0.3) is 0 Å². The highest BCUT2D eigenvalue weighted by Crippen LogP contribution is 2.34. The number of anilines is 2. The molecule has 5 aromatic rings. The molecule has 8 nitrogen and oxygen atoms in total.